The van der Waals surface area contributed by atoms with Crippen molar-refractivity contribution in [2.75, 3.05) is 50.1 Å². The van der Waals surface area contributed by atoms with Crippen LogP contribution in [0.5, 0.6) is 0 Å². The maximum atomic E-state index is 11.9. The molecule has 8 heteroatoms. The zero-order valence-corrected chi connectivity index (χ0v) is 15.4. The Kier molecular flexibility index (Phi) is 5.36. The topological polar surface area (TPSA) is 78.6 Å². The molecule has 138 valence electrons. The van der Waals surface area contributed by atoms with Crippen molar-refractivity contribution in [1.82, 2.24) is 14.9 Å². The van der Waals surface area contributed by atoms with Crippen molar-refractivity contribution in [2.45, 2.75) is 38.6 Å². The van der Waals surface area contributed by atoms with Crippen LogP contribution in [0.25, 0.3) is 0 Å². The van der Waals surface area contributed by atoms with Crippen LogP contribution >= 0.6 is 0 Å². The second-order valence-electron chi connectivity index (χ2n) is 7.47. The van der Waals surface area contributed by atoms with E-state index in [4.69, 9.17) is 0 Å². The smallest absolute Gasteiger partial charge is 0.351 e. The summed E-state index contributed by atoms with van der Waals surface area (Å²) in [7, 11) is 4.03. The molecule has 0 saturated carbocycles. The first-order valence-corrected chi connectivity index (χ1v) is 9.13. The van der Waals surface area contributed by atoms with Crippen LogP contribution < -0.4 is 9.80 Å². The van der Waals surface area contributed by atoms with E-state index in [0.717, 1.165) is 51.9 Å². The molecule has 1 unspecified atom stereocenters. The van der Waals surface area contributed by atoms with Crippen molar-refractivity contribution in [3.63, 3.8) is 0 Å². The maximum absolute atomic E-state index is 11.9. The molecule has 2 aliphatic rings. The van der Waals surface area contributed by atoms with Gasteiger partial charge in [0.15, 0.2) is 0 Å². The third-order valence-electron chi connectivity index (χ3n) is 5.49. The van der Waals surface area contributed by atoms with E-state index < -0.39 is 0 Å². The van der Waals surface area contributed by atoms with Crippen molar-refractivity contribution >= 4 is 17.3 Å². The lowest BCUT2D eigenvalue weighted by Gasteiger charge is -2.36. The Labute approximate surface area is 149 Å². The van der Waals surface area contributed by atoms with Crippen LogP contribution in [0.1, 0.15) is 32.6 Å². The fourth-order valence-electron chi connectivity index (χ4n) is 3.95. The Hall–Kier alpha value is -1.96. The summed E-state index contributed by atoms with van der Waals surface area (Å²) in [6, 6.07) is 0.276. The molecule has 0 amide bonds. The van der Waals surface area contributed by atoms with Gasteiger partial charge >= 0.3 is 5.69 Å². The van der Waals surface area contributed by atoms with E-state index >= 15 is 0 Å². The van der Waals surface area contributed by atoms with Crippen molar-refractivity contribution in [1.29, 1.82) is 0 Å². The molecule has 0 radical (unpaired) electrons. The molecule has 0 N–H and O–H groups in total. The van der Waals surface area contributed by atoms with Crippen LogP contribution in [0.4, 0.5) is 17.3 Å². The highest BCUT2D eigenvalue weighted by Crippen LogP contribution is 2.37. The molecule has 1 aromatic rings. The normalized spacial score (nSPS) is 22.8. The summed E-state index contributed by atoms with van der Waals surface area (Å²) in [4.78, 5) is 26.5. The Morgan fingerprint density at radius 2 is 1.96 bits per heavy atom. The molecule has 0 aliphatic carbocycles. The van der Waals surface area contributed by atoms with E-state index in [1.165, 1.54) is 6.33 Å². The Balaban J connectivity index is 1.91. The van der Waals surface area contributed by atoms with Gasteiger partial charge in [0.25, 0.3) is 0 Å². The van der Waals surface area contributed by atoms with Gasteiger partial charge in [0.05, 0.1) is 4.92 Å². The van der Waals surface area contributed by atoms with Gasteiger partial charge in [-0.1, -0.05) is 6.92 Å². The molecular formula is C17H28N6O2. The van der Waals surface area contributed by atoms with E-state index in [2.05, 4.69) is 33.7 Å². The van der Waals surface area contributed by atoms with Crippen molar-refractivity contribution in [3.05, 3.63) is 16.4 Å². The molecule has 3 rings (SSSR count). The highest BCUT2D eigenvalue weighted by Gasteiger charge is 2.33. The van der Waals surface area contributed by atoms with Crippen LogP contribution in [-0.4, -0.2) is 66.1 Å². The minimum Gasteiger partial charge on any atom is -0.351 e. The maximum Gasteiger partial charge on any atom is 0.353 e. The second kappa shape index (κ2) is 7.51. The lowest BCUT2D eigenvalue weighted by molar-refractivity contribution is -0.383. The van der Waals surface area contributed by atoms with Gasteiger partial charge in [-0.25, -0.2) is 9.97 Å². The summed E-state index contributed by atoms with van der Waals surface area (Å²) < 4.78 is 0. The van der Waals surface area contributed by atoms with Gasteiger partial charge in [-0.15, -0.1) is 0 Å². The van der Waals surface area contributed by atoms with Crippen LogP contribution in [0, 0.1) is 16.0 Å². The molecule has 1 aromatic heterocycles. The molecule has 0 bridgehead atoms. The average Bonchev–Trinajstić information content (AvgIpc) is 2.61. The standard InChI is InChI=1S/C17H28N6O2/c1-13-5-4-8-22(11-13)17-15(23(24)25)16(18-12-19-17)21(3)14-6-9-20(2)10-7-14/h12-14H,4-11H2,1-3H3. The van der Waals surface area contributed by atoms with E-state index in [9.17, 15) is 10.1 Å². The molecule has 2 saturated heterocycles. The van der Waals surface area contributed by atoms with Crippen LogP contribution in [0.3, 0.4) is 0 Å². The number of anilines is 2. The summed E-state index contributed by atoms with van der Waals surface area (Å²) in [6.45, 7) is 5.83. The van der Waals surface area contributed by atoms with E-state index in [-0.39, 0.29) is 16.7 Å². The third kappa shape index (κ3) is 3.84. The molecule has 8 nitrogen and oxygen atoms in total. The molecule has 0 spiro atoms. The van der Waals surface area contributed by atoms with Gasteiger partial charge in [0.2, 0.25) is 11.6 Å². The quantitative estimate of drug-likeness (QED) is 0.609. The van der Waals surface area contributed by atoms with Gasteiger partial charge in [-0.05, 0) is 51.7 Å². The minimum absolute atomic E-state index is 0.0537. The first-order valence-electron chi connectivity index (χ1n) is 9.13. The Morgan fingerprint density at radius 1 is 1.24 bits per heavy atom. The summed E-state index contributed by atoms with van der Waals surface area (Å²) in [5, 5.41) is 11.9. The van der Waals surface area contributed by atoms with Crippen LogP contribution in [-0.2, 0) is 0 Å². The number of hydrogen-bond donors (Lipinski definition) is 0. The zero-order chi connectivity index (χ0) is 18.0. The zero-order valence-electron chi connectivity index (χ0n) is 15.4. The summed E-state index contributed by atoms with van der Waals surface area (Å²) in [5.74, 6) is 1.45. The van der Waals surface area contributed by atoms with Crippen molar-refractivity contribution in [2.24, 2.45) is 5.92 Å². The average molecular weight is 348 g/mol. The van der Waals surface area contributed by atoms with Gasteiger partial charge in [-0.2, -0.15) is 0 Å². The minimum atomic E-state index is -0.310. The number of rotatable bonds is 4. The Bertz CT molecular complexity index is 617. The molecule has 3 heterocycles. The molecule has 1 atom stereocenters. The molecule has 0 aromatic carbocycles. The van der Waals surface area contributed by atoms with Gasteiger partial charge in [0, 0.05) is 26.2 Å². The molecular weight excluding hydrogens is 320 g/mol. The number of aromatic nitrogens is 2. The van der Waals surface area contributed by atoms with E-state index in [1.807, 2.05) is 11.9 Å². The summed E-state index contributed by atoms with van der Waals surface area (Å²) in [5.41, 5.74) is 0.0537. The van der Waals surface area contributed by atoms with Crippen LogP contribution in [0.2, 0.25) is 0 Å². The fourth-order valence-corrected chi connectivity index (χ4v) is 3.95. The SMILES string of the molecule is CC1CCCN(c2ncnc(N(C)C3CCN(C)CC3)c2[N+](=O)[O-])C1. The van der Waals surface area contributed by atoms with E-state index in [0.29, 0.717) is 17.6 Å². The first-order chi connectivity index (χ1) is 12.0. The van der Waals surface area contributed by atoms with Crippen molar-refractivity contribution < 1.29 is 4.92 Å². The van der Waals surface area contributed by atoms with Crippen molar-refractivity contribution in [3.8, 4) is 0 Å². The highest BCUT2D eigenvalue weighted by molar-refractivity contribution is 5.71. The molecule has 25 heavy (non-hydrogen) atoms. The van der Waals surface area contributed by atoms with Gasteiger partial charge in [0.1, 0.15) is 6.33 Å². The summed E-state index contributed by atoms with van der Waals surface area (Å²) in [6.07, 6.45) is 5.66. The number of piperidine rings is 2. The predicted molar refractivity (Wildman–Crippen MR) is 98.2 cm³/mol. The first kappa shape index (κ1) is 17.8. The highest BCUT2D eigenvalue weighted by atomic mass is 16.6. The predicted octanol–water partition coefficient (Wildman–Crippen LogP) is 2.15. The monoisotopic (exact) mass is 348 g/mol. The van der Waals surface area contributed by atoms with Gasteiger partial charge in [-0.3, -0.25) is 10.1 Å². The largest absolute Gasteiger partial charge is 0.353 e. The van der Waals surface area contributed by atoms with Gasteiger partial charge < -0.3 is 14.7 Å². The Morgan fingerprint density at radius 3 is 2.60 bits per heavy atom. The summed E-state index contributed by atoms with van der Waals surface area (Å²) >= 11 is 0. The number of nitrogens with zero attached hydrogens (tertiary/aromatic N) is 6. The number of nitro groups is 1. The molecule has 2 aliphatic heterocycles. The number of likely N-dealkylation sites (tertiary alicyclic amines) is 1. The lowest BCUT2D eigenvalue weighted by Crippen LogP contribution is -2.42. The van der Waals surface area contributed by atoms with Crippen LogP contribution in [0.15, 0.2) is 6.33 Å². The second-order valence-corrected chi connectivity index (χ2v) is 7.47. The lowest BCUT2D eigenvalue weighted by atomic mass is 10.0. The third-order valence-corrected chi connectivity index (χ3v) is 5.49. The van der Waals surface area contributed by atoms with E-state index in [1.54, 1.807) is 0 Å². The molecule has 2 fully saturated rings. The number of hydrogen-bond acceptors (Lipinski definition) is 7. The fraction of sp³-hybridized carbons (Fsp3) is 0.765.